The second-order valence-corrected chi connectivity index (χ2v) is 5.76. The summed E-state index contributed by atoms with van der Waals surface area (Å²) in [5.41, 5.74) is 7.76. The summed E-state index contributed by atoms with van der Waals surface area (Å²) < 4.78 is 5.21. The van der Waals surface area contributed by atoms with Crippen molar-refractivity contribution in [1.29, 1.82) is 0 Å². The van der Waals surface area contributed by atoms with Crippen molar-refractivity contribution in [2.45, 2.75) is 39.7 Å². The smallest absolute Gasteiger partial charge is 0.257 e. The normalized spacial score (nSPS) is 13.6. The third-order valence-corrected chi connectivity index (χ3v) is 3.90. The van der Waals surface area contributed by atoms with Crippen molar-refractivity contribution in [1.82, 2.24) is 15.5 Å². The van der Waals surface area contributed by atoms with Crippen molar-refractivity contribution >= 4 is 5.91 Å². The number of nitrogens with two attached hydrogens (primary N) is 1. The van der Waals surface area contributed by atoms with E-state index in [0.717, 1.165) is 24.0 Å². The summed E-state index contributed by atoms with van der Waals surface area (Å²) in [6.45, 7) is 6.25. The number of amides is 1. The highest BCUT2D eigenvalue weighted by molar-refractivity contribution is 5.78. The molecule has 124 valence electrons. The van der Waals surface area contributed by atoms with Crippen LogP contribution in [0.15, 0.2) is 28.8 Å². The van der Waals surface area contributed by atoms with Crippen LogP contribution in [0, 0.1) is 5.92 Å². The molecular formula is C17H24N4O2. The Labute approximate surface area is 136 Å². The van der Waals surface area contributed by atoms with Gasteiger partial charge in [0.25, 0.3) is 5.89 Å². The molecule has 0 aliphatic heterocycles. The Morgan fingerprint density at radius 1 is 1.30 bits per heavy atom. The van der Waals surface area contributed by atoms with Crippen LogP contribution in [0.5, 0.6) is 0 Å². The summed E-state index contributed by atoms with van der Waals surface area (Å²) in [6.07, 6.45) is 1.52. The van der Waals surface area contributed by atoms with Crippen LogP contribution < -0.4 is 11.1 Å². The molecule has 1 aromatic carbocycles. The first-order valence-corrected chi connectivity index (χ1v) is 7.96. The van der Waals surface area contributed by atoms with E-state index in [-0.39, 0.29) is 17.9 Å². The Hall–Kier alpha value is -2.21. The molecule has 0 radical (unpaired) electrons. The average molecular weight is 316 g/mol. The molecule has 0 spiro atoms. The molecule has 23 heavy (non-hydrogen) atoms. The van der Waals surface area contributed by atoms with Crippen LogP contribution in [0.25, 0.3) is 11.5 Å². The molecule has 6 heteroatoms. The number of aromatic nitrogens is 2. The number of nitrogens with zero attached hydrogens (tertiary/aromatic N) is 2. The van der Waals surface area contributed by atoms with Gasteiger partial charge < -0.3 is 15.6 Å². The lowest BCUT2D eigenvalue weighted by atomic mass is 10.0. The number of rotatable bonds is 7. The van der Waals surface area contributed by atoms with E-state index in [1.54, 1.807) is 0 Å². The Balaban J connectivity index is 1.87. The van der Waals surface area contributed by atoms with Crippen LogP contribution >= 0.6 is 0 Å². The maximum atomic E-state index is 11.8. The van der Waals surface area contributed by atoms with Gasteiger partial charge in [-0.1, -0.05) is 31.1 Å². The SMILES string of the molecule is CCc1noc(-c2ccc(CCNC(=O)C(C)C(C)N)cc2)n1. The van der Waals surface area contributed by atoms with Gasteiger partial charge in [0.05, 0.1) is 0 Å². The molecule has 2 atom stereocenters. The minimum Gasteiger partial charge on any atom is -0.355 e. The van der Waals surface area contributed by atoms with Crippen LogP contribution in [0.2, 0.25) is 0 Å². The fraction of sp³-hybridized carbons (Fsp3) is 0.471. The van der Waals surface area contributed by atoms with Crippen molar-refractivity contribution in [3.63, 3.8) is 0 Å². The van der Waals surface area contributed by atoms with E-state index in [0.29, 0.717) is 18.3 Å². The van der Waals surface area contributed by atoms with E-state index < -0.39 is 0 Å². The van der Waals surface area contributed by atoms with Gasteiger partial charge in [-0.05, 0) is 31.0 Å². The number of carbonyl (C=O) groups excluding carboxylic acids is 1. The lowest BCUT2D eigenvalue weighted by Crippen LogP contribution is -2.39. The predicted octanol–water partition coefficient (Wildman–Crippen LogP) is 1.94. The standard InChI is InChI=1S/C17H24N4O2/c1-4-15-20-17(23-21-15)14-7-5-13(6-8-14)9-10-19-16(22)11(2)12(3)18/h5-8,11-12H,4,9-10,18H2,1-3H3,(H,19,22). The fourth-order valence-corrected chi connectivity index (χ4v) is 2.06. The van der Waals surface area contributed by atoms with Crippen molar-refractivity contribution in [3.8, 4) is 11.5 Å². The van der Waals surface area contributed by atoms with Gasteiger partial charge in [-0.2, -0.15) is 4.98 Å². The first-order valence-electron chi connectivity index (χ1n) is 7.96. The Morgan fingerprint density at radius 2 is 2.00 bits per heavy atom. The summed E-state index contributed by atoms with van der Waals surface area (Å²) in [4.78, 5) is 16.1. The number of hydrogen-bond donors (Lipinski definition) is 2. The van der Waals surface area contributed by atoms with Gasteiger partial charge in [0.2, 0.25) is 5.91 Å². The van der Waals surface area contributed by atoms with E-state index in [1.807, 2.05) is 45.0 Å². The highest BCUT2D eigenvalue weighted by Crippen LogP contribution is 2.18. The molecule has 0 bridgehead atoms. The summed E-state index contributed by atoms with van der Waals surface area (Å²) in [5, 5.41) is 6.80. The highest BCUT2D eigenvalue weighted by Gasteiger charge is 2.16. The van der Waals surface area contributed by atoms with Gasteiger partial charge in [-0.3, -0.25) is 4.79 Å². The number of aryl methyl sites for hydroxylation is 1. The van der Waals surface area contributed by atoms with Crippen molar-refractivity contribution in [3.05, 3.63) is 35.7 Å². The summed E-state index contributed by atoms with van der Waals surface area (Å²) in [7, 11) is 0. The summed E-state index contributed by atoms with van der Waals surface area (Å²) >= 11 is 0. The maximum absolute atomic E-state index is 11.8. The molecule has 1 amide bonds. The van der Waals surface area contributed by atoms with E-state index in [9.17, 15) is 4.79 Å². The zero-order valence-corrected chi connectivity index (χ0v) is 13.9. The first-order chi connectivity index (χ1) is 11.0. The molecule has 0 aliphatic carbocycles. The lowest BCUT2D eigenvalue weighted by molar-refractivity contribution is -0.124. The number of hydrogen-bond acceptors (Lipinski definition) is 5. The quantitative estimate of drug-likeness (QED) is 0.814. The monoisotopic (exact) mass is 316 g/mol. The van der Waals surface area contributed by atoms with Crippen LogP contribution in [0.4, 0.5) is 0 Å². The van der Waals surface area contributed by atoms with E-state index >= 15 is 0 Å². The molecule has 2 rings (SSSR count). The topological polar surface area (TPSA) is 94.0 Å². The molecule has 0 saturated carbocycles. The van der Waals surface area contributed by atoms with Gasteiger partial charge in [-0.25, -0.2) is 0 Å². The molecule has 0 saturated heterocycles. The molecule has 2 unspecified atom stereocenters. The lowest BCUT2D eigenvalue weighted by Gasteiger charge is -2.15. The van der Waals surface area contributed by atoms with Crippen LogP contribution in [0.1, 0.15) is 32.2 Å². The molecule has 2 aromatic rings. The molecule has 6 nitrogen and oxygen atoms in total. The van der Waals surface area contributed by atoms with Crippen LogP contribution in [0.3, 0.4) is 0 Å². The largest absolute Gasteiger partial charge is 0.355 e. The molecule has 1 aromatic heterocycles. The minimum atomic E-state index is -0.178. The third kappa shape index (κ3) is 4.63. The molecular weight excluding hydrogens is 292 g/mol. The van der Waals surface area contributed by atoms with E-state index in [4.69, 9.17) is 10.3 Å². The maximum Gasteiger partial charge on any atom is 0.257 e. The first kappa shape index (κ1) is 17.1. The molecule has 0 aliphatic rings. The van der Waals surface area contributed by atoms with Crippen molar-refractivity contribution in [2.24, 2.45) is 11.7 Å². The van der Waals surface area contributed by atoms with Gasteiger partial charge >= 0.3 is 0 Å². The zero-order chi connectivity index (χ0) is 16.8. The van der Waals surface area contributed by atoms with Crippen LogP contribution in [-0.4, -0.2) is 28.6 Å². The van der Waals surface area contributed by atoms with Crippen LogP contribution in [-0.2, 0) is 17.6 Å². The number of nitrogens with one attached hydrogen (secondary N) is 1. The van der Waals surface area contributed by atoms with Gasteiger partial charge in [0.1, 0.15) is 0 Å². The van der Waals surface area contributed by atoms with E-state index in [2.05, 4.69) is 15.5 Å². The Bertz CT molecular complexity index is 634. The van der Waals surface area contributed by atoms with Crippen molar-refractivity contribution in [2.75, 3.05) is 6.54 Å². The minimum absolute atomic E-state index is 0.00502. The second kappa shape index (κ2) is 7.87. The Morgan fingerprint density at radius 3 is 2.57 bits per heavy atom. The average Bonchev–Trinajstić information content (AvgIpc) is 3.03. The molecule has 3 N–H and O–H groups in total. The zero-order valence-electron chi connectivity index (χ0n) is 13.9. The highest BCUT2D eigenvalue weighted by atomic mass is 16.5. The second-order valence-electron chi connectivity index (χ2n) is 5.76. The third-order valence-electron chi connectivity index (χ3n) is 3.90. The van der Waals surface area contributed by atoms with Gasteiger partial charge in [0.15, 0.2) is 5.82 Å². The predicted molar refractivity (Wildman–Crippen MR) is 88.6 cm³/mol. The number of carbonyl (C=O) groups is 1. The van der Waals surface area contributed by atoms with E-state index in [1.165, 1.54) is 0 Å². The molecule has 1 heterocycles. The number of benzene rings is 1. The summed E-state index contributed by atoms with van der Waals surface area (Å²) in [6, 6.07) is 7.78. The van der Waals surface area contributed by atoms with Gasteiger partial charge in [0, 0.05) is 30.5 Å². The molecule has 0 fully saturated rings. The fourth-order valence-electron chi connectivity index (χ4n) is 2.06. The summed E-state index contributed by atoms with van der Waals surface area (Å²) in [5.74, 6) is 1.06. The van der Waals surface area contributed by atoms with Crippen molar-refractivity contribution < 1.29 is 9.32 Å². The van der Waals surface area contributed by atoms with Gasteiger partial charge in [-0.15, -0.1) is 0 Å². The Kier molecular flexibility index (Phi) is 5.87.